The number of carbonyl (C=O) groups is 2. The van der Waals surface area contributed by atoms with Gasteiger partial charge in [-0.15, -0.1) is 0 Å². The normalized spacial score (nSPS) is 36.0. The third kappa shape index (κ3) is 4.73. The monoisotopic (exact) mass is 365 g/mol. The van der Waals surface area contributed by atoms with Crippen molar-refractivity contribution in [2.75, 3.05) is 13.7 Å². The van der Waals surface area contributed by atoms with Crippen LogP contribution in [0.15, 0.2) is 4.99 Å². The van der Waals surface area contributed by atoms with E-state index < -0.39 is 5.41 Å². The van der Waals surface area contributed by atoms with Crippen LogP contribution in [0.3, 0.4) is 0 Å². The van der Waals surface area contributed by atoms with Crippen molar-refractivity contribution in [3.05, 3.63) is 0 Å². The van der Waals surface area contributed by atoms with Crippen LogP contribution in [0.5, 0.6) is 0 Å². The molecule has 1 fully saturated rings. The lowest BCUT2D eigenvalue weighted by atomic mass is 9.54. The summed E-state index contributed by atoms with van der Waals surface area (Å²) in [5.74, 6) is 0.517. The second-order valence-corrected chi connectivity index (χ2v) is 8.87. The lowest BCUT2D eigenvalue weighted by Gasteiger charge is -2.48. The van der Waals surface area contributed by atoms with E-state index in [2.05, 4.69) is 18.8 Å². The Morgan fingerprint density at radius 1 is 1.35 bits per heavy atom. The van der Waals surface area contributed by atoms with E-state index in [1.54, 1.807) is 0 Å². The minimum Gasteiger partial charge on any atom is -0.469 e. The number of ether oxygens (including phenoxy) is 1. The number of hydrogen-bond donors (Lipinski definition) is 1. The summed E-state index contributed by atoms with van der Waals surface area (Å²) in [6.07, 6.45) is 6.45. The summed E-state index contributed by atoms with van der Waals surface area (Å²) in [4.78, 5) is 29.5. The van der Waals surface area contributed by atoms with Crippen LogP contribution in [0.25, 0.3) is 0 Å². The fourth-order valence-electron chi connectivity index (χ4n) is 4.59. The van der Waals surface area contributed by atoms with Crippen molar-refractivity contribution >= 4 is 17.5 Å². The second-order valence-electron chi connectivity index (χ2n) is 8.87. The Balaban J connectivity index is 2.15. The molecule has 1 saturated carbocycles. The minimum atomic E-state index is -0.536. The van der Waals surface area contributed by atoms with E-state index >= 15 is 0 Å². The maximum atomic E-state index is 12.9. The molecule has 26 heavy (non-hydrogen) atoms. The number of hydrogen-bond acceptors (Lipinski definition) is 5. The van der Waals surface area contributed by atoms with Gasteiger partial charge < -0.3 is 9.84 Å². The minimum absolute atomic E-state index is 0.242. The molecule has 0 radical (unpaired) electrons. The van der Waals surface area contributed by atoms with E-state index in [-0.39, 0.29) is 29.7 Å². The number of nitrogens with zero attached hydrogens (tertiary/aromatic N) is 1. The van der Waals surface area contributed by atoms with Crippen LogP contribution in [0.4, 0.5) is 0 Å². The van der Waals surface area contributed by atoms with Crippen molar-refractivity contribution in [2.45, 2.75) is 84.7 Å². The molecule has 5 heteroatoms. The number of esters is 1. The average molecular weight is 366 g/mol. The maximum Gasteiger partial charge on any atom is 0.306 e. The summed E-state index contributed by atoms with van der Waals surface area (Å²) in [7, 11) is 1.41. The van der Waals surface area contributed by atoms with Crippen LogP contribution in [-0.2, 0) is 14.3 Å². The van der Waals surface area contributed by atoms with Gasteiger partial charge in [0, 0.05) is 17.5 Å². The molecule has 2 rings (SSSR count). The standard InChI is InChI=1S/C21H35NO4/c1-15-7-8-17(23)14-22-16(12-15)9-11-21(3)18(24)6-5-10-20(21,2)13-19(25)26-4/h15,17,23H,5-14H2,1-4H3/t15-,17+,20+,21+/m0/s1. The number of rotatable bonds is 5. The van der Waals surface area contributed by atoms with E-state index in [9.17, 15) is 14.7 Å². The van der Waals surface area contributed by atoms with Crippen LogP contribution in [0.1, 0.15) is 78.6 Å². The Hall–Kier alpha value is -1.23. The third-order valence-electron chi connectivity index (χ3n) is 6.86. The van der Waals surface area contributed by atoms with Crippen molar-refractivity contribution in [3.8, 4) is 0 Å². The molecular formula is C21H35NO4. The summed E-state index contributed by atoms with van der Waals surface area (Å²) < 4.78 is 4.90. The van der Waals surface area contributed by atoms with Crippen molar-refractivity contribution in [3.63, 3.8) is 0 Å². The van der Waals surface area contributed by atoms with Crippen LogP contribution in [0.2, 0.25) is 0 Å². The van der Waals surface area contributed by atoms with Gasteiger partial charge in [0.25, 0.3) is 0 Å². The third-order valence-corrected chi connectivity index (χ3v) is 6.86. The quantitative estimate of drug-likeness (QED) is 0.754. The van der Waals surface area contributed by atoms with Gasteiger partial charge in [0.05, 0.1) is 26.2 Å². The Bertz CT molecular complexity index is 558. The second kappa shape index (κ2) is 8.64. The van der Waals surface area contributed by atoms with Gasteiger partial charge in [-0.2, -0.15) is 0 Å². The highest BCUT2D eigenvalue weighted by atomic mass is 16.5. The maximum absolute atomic E-state index is 12.9. The van der Waals surface area contributed by atoms with Gasteiger partial charge in [-0.1, -0.05) is 20.8 Å². The van der Waals surface area contributed by atoms with Crippen molar-refractivity contribution < 1.29 is 19.4 Å². The molecule has 5 nitrogen and oxygen atoms in total. The Kier molecular flexibility index (Phi) is 7.00. The molecule has 0 aromatic heterocycles. The molecule has 1 aliphatic carbocycles. The number of Topliss-reactive ketones (excluding diaryl/α,β-unsaturated/α-hetero) is 1. The first-order chi connectivity index (χ1) is 12.2. The molecule has 0 saturated heterocycles. The van der Waals surface area contributed by atoms with Crippen molar-refractivity contribution in [1.82, 2.24) is 0 Å². The largest absolute Gasteiger partial charge is 0.469 e. The van der Waals surface area contributed by atoms with Gasteiger partial charge >= 0.3 is 5.97 Å². The van der Waals surface area contributed by atoms with E-state index in [0.717, 1.165) is 44.2 Å². The van der Waals surface area contributed by atoms with Gasteiger partial charge in [-0.05, 0) is 56.3 Å². The highest BCUT2D eigenvalue weighted by Crippen LogP contribution is 2.53. The number of aliphatic imine (C=N–C) groups is 1. The molecule has 0 spiro atoms. The molecule has 148 valence electrons. The van der Waals surface area contributed by atoms with E-state index in [4.69, 9.17) is 4.74 Å². The summed E-state index contributed by atoms with van der Waals surface area (Å²) in [6, 6.07) is 0. The lowest BCUT2D eigenvalue weighted by molar-refractivity contribution is -0.152. The van der Waals surface area contributed by atoms with Crippen LogP contribution >= 0.6 is 0 Å². The molecule has 0 aromatic rings. The molecule has 1 N–H and O–H groups in total. The van der Waals surface area contributed by atoms with Crippen molar-refractivity contribution in [2.24, 2.45) is 21.7 Å². The van der Waals surface area contributed by atoms with Crippen LogP contribution < -0.4 is 0 Å². The van der Waals surface area contributed by atoms with E-state index in [1.807, 2.05) is 6.92 Å². The summed E-state index contributed by atoms with van der Waals surface area (Å²) in [5, 5.41) is 9.96. The predicted molar refractivity (Wildman–Crippen MR) is 102 cm³/mol. The van der Waals surface area contributed by atoms with Gasteiger partial charge in [-0.3, -0.25) is 14.6 Å². The Morgan fingerprint density at radius 3 is 2.77 bits per heavy atom. The zero-order valence-electron chi connectivity index (χ0n) is 16.8. The molecule has 1 aliphatic heterocycles. The van der Waals surface area contributed by atoms with E-state index in [1.165, 1.54) is 7.11 Å². The zero-order chi connectivity index (χ0) is 19.4. The number of methoxy groups -OCH3 is 1. The predicted octanol–water partition coefficient (Wildman–Crippen LogP) is 3.72. The summed E-state index contributed by atoms with van der Waals surface area (Å²) in [6.45, 7) is 6.75. The van der Waals surface area contributed by atoms with Gasteiger partial charge in [-0.25, -0.2) is 0 Å². The first kappa shape index (κ1) is 21.1. The molecule has 2 aliphatic rings. The SMILES string of the molecule is COC(=O)C[C@@]1(C)CCCC(=O)[C@@]1(C)CCC1=NC[C@H](O)CC[C@H](C)C1. The molecule has 1 heterocycles. The topological polar surface area (TPSA) is 76.0 Å². The van der Waals surface area contributed by atoms with Gasteiger partial charge in [0.2, 0.25) is 0 Å². The number of ketones is 1. The molecular weight excluding hydrogens is 330 g/mol. The van der Waals surface area contributed by atoms with Crippen molar-refractivity contribution in [1.29, 1.82) is 0 Å². The fourth-order valence-corrected chi connectivity index (χ4v) is 4.59. The van der Waals surface area contributed by atoms with Gasteiger partial charge in [0.15, 0.2) is 0 Å². The molecule has 0 amide bonds. The first-order valence-electron chi connectivity index (χ1n) is 10.0. The molecule has 0 aromatic carbocycles. The summed E-state index contributed by atoms with van der Waals surface area (Å²) in [5.41, 5.74) is 0.200. The summed E-state index contributed by atoms with van der Waals surface area (Å²) >= 11 is 0. The Morgan fingerprint density at radius 2 is 2.08 bits per heavy atom. The first-order valence-corrected chi connectivity index (χ1v) is 10.0. The molecule has 4 atom stereocenters. The van der Waals surface area contributed by atoms with E-state index in [0.29, 0.717) is 25.3 Å². The highest BCUT2D eigenvalue weighted by Gasteiger charge is 2.52. The average Bonchev–Trinajstić information content (AvgIpc) is 2.59. The number of aliphatic hydroxyl groups is 1. The zero-order valence-corrected chi connectivity index (χ0v) is 16.8. The molecule has 0 unspecified atom stereocenters. The fraction of sp³-hybridized carbons (Fsp3) is 0.857. The van der Waals surface area contributed by atoms with Crippen LogP contribution in [-0.4, -0.2) is 42.3 Å². The van der Waals surface area contributed by atoms with Crippen LogP contribution in [0, 0.1) is 16.7 Å². The molecule has 0 bridgehead atoms. The Labute approximate surface area is 157 Å². The highest BCUT2D eigenvalue weighted by molar-refractivity contribution is 5.89. The lowest BCUT2D eigenvalue weighted by Crippen LogP contribution is -2.48. The number of aliphatic hydroxyl groups excluding tert-OH is 1. The smallest absolute Gasteiger partial charge is 0.306 e. The van der Waals surface area contributed by atoms with Gasteiger partial charge in [0.1, 0.15) is 5.78 Å². The number of carbonyl (C=O) groups excluding carboxylic acids is 2.